The molecule has 0 bridgehead atoms. The van der Waals surface area contributed by atoms with Gasteiger partial charge in [-0.25, -0.2) is 0 Å². The van der Waals surface area contributed by atoms with Crippen molar-refractivity contribution < 1.29 is 4.74 Å². The summed E-state index contributed by atoms with van der Waals surface area (Å²) in [7, 11) is 0. The maximum absolute atomic E-state index is 6.08. The monoisotopic (exact) mass is 338 g/mol. The van der Waals surface area contributed by atoms with E-state index in [2.05, 4.69) is 39.9 Å². The number of nitrogens with zero attached hydrogens (tertiary/aromatic N) is 1. The zero-order valence-corrected chi connectivity index (χ0v) is 13.6. The number of halogens is 1. The van der Waals surface area contributed by atoms with Crippen LogP contribution in [0.1, 0.15) is 25.3 Å². The van der Waals surface area contributed by atoms with Crippen molar-refractivity contribution in [2.75, 3.05) is 19.6 Å². The first kappa shape index (κ1) is 14.4. The van der Waals surface area contributed by atoms with Crippen LogP contribution in [0.5, 0.6) is 5.75 Å². The summed E-state index contributed by atoms with van der Waals surface area (Å²) in [5, 5.41) is 0. The predicted octanol–water partition coefficient (Wildman–Crippen LogP) is 2.81. The molecule has 3 atom stereocenters. The van der Waals surface area contributed by atoms with Gasteiger partial charge in [-0.05, 0) is 49.1 Å². The van der Waals surface area contributed by atoms with Crippen LogP contribution < -0.4 is 10.5 Å². The molecule has 1 aromatic rings. The third kappa shape index (κ3) is 3.02. The molecule has 3 rings (SSSR count). The first-order chi connectivity index (χ1) is 9.65. The minimum atomic E-state index is 0.279. The van der Waals surface area contributed by atoms with E-state index in [-0.39, 0.29) is 6.10 Å². The van der Waals surface area contributed by atoms with Crippen molar-refractivity contribution in [2.45, 2.75) is 38.3 Å². The quantitative estimate of drug-likeness (QED) is 0.920. The molecule has 0 aliphatic carbocycles. The van der Waals surface area contributed by atoms with E-state index in [0.29, 0.717) is 6.04 Å². The normalized spacial score (nSPS) is 30.1. The minimum absolute atomic E-state index is 0.279. The molecule has 1 fully saturated rings. The predicted molar refractivity (Wildman–Crippen MR) is 85.1 cm³/mol. The highest BCUT2D eigenvalue weighted by Gasteiger charge is 2.30. The van der Waals surface area contributed by atoms with Crippen LogP contribution >= 0.6 is 15.9 Å². The Bertz CT molecular complexity index is 480. The topological polar surface area (TPSA) is 38.5 Å². The second kappa shape index (κ2) is 6.04. The van der Waals surface area contributed by atoms with Gasteiger partial charge in [0.05, 0.1) is 0 Å². The lowest BCUT2D eigenvalue weighted by molar-refractivity contribution is 0.0762. The molecule has 2 aliphatic heterocycles. The first-order valence-corrected chi connectivity index (χ1v) is 8.34. The summed E-state index contributed by atoms with van der Waals surface area (Å²) < 4.78 is 7.21. The number of hydrogen-bond donors (Lipinski definition) is 1. The Morgan fingerprint density at radius 1 is 1.45 bits per heavy atom. The van der Waals surface area contributed by atoms with Crippen LogP contribution in [-0.2, 0) is 6.42 Å². The van der Waals surface area contributed by atoms with Gasteiger partial charge in [0.15, 0.2) is 0 Å². The standard InChI is InChI=1S/C16H23BrN2O/c1-11-4-5-19(14(6-11)9-18)10-15-8-12-7-13(17)2-3-16(12)20-15/h2-3,7,11,14-15H,4-6,8-10,18H2,1H3. The molecule has 3 unspecified atom stereocenters. The van der Waals surface area contributed by atoms with Gasteiger partial charge < -0.3 is 10.5 Å². The van der Waals surface area contributed by atoms with E-state index in [1.807, 2.05) is 6.07 Å². The van der Waals surface area contributed by atoms with E-state index in [1.54, 1.807) is 0 Å². The van der Waals surface area contributed by atoms with Gasteiger partial charge in [0, 0.05) is 30.0 Å². The average molecular weight is 339 g/mol. The molecule has 0 spiro atoms. The average Bonchev–Trinajstić information content (AvgIpc) is 2.82. The fourth-order valence-electron chi connectivity index (χ4n) is 3.44. The number of hydrogen-bond acceptors (Lipinski definition) is 3. The molecular formula is C16H23BrN2O. The van der Waals surface area contributed by atoms with Gasteiger partial charge in [-0.15, -0.1) is 0 Å². The van der Waals surface area contributed by atoms with Crippen molar-refractivity contribution in [1.29, 1.82) is 0 Å². The number of nitrogens with two attached hydrogens (primary N) is 1. The molecule has 0 radical (unpaired) electrons. The molecule has 0 aromatic heterocycles. The highest BCUT2D eigenvalue weighted by Crippen LogP contribution is 2.32. The number of rotatable bonds is 3. The molecule has 20 heavy (non-hydrogen) atoms. The Kier molecular flexibility index (Phi) is 4.34. The van der Waals surface area contributed by atoms with E-state index < -0.39 is 0 Å². The van der Waals surface area contributed by atoms with Crippen molar-refractivity contribution >= 4 is 15.9 Å². The summed E-state index contributed by atoms with van der Waals surface area (Å²) in [5.41, 5.74) is 7.26. The lowest BCUT2D eigenvalue weighted by atomic mass is 9.92. The highest BCUT2D eigenvalue weighted by atomic mass is 79.9. The van der Waals surface area contributed by atoms with Crippen LogP contribution in [0.3, 0.4) is 0 Å². The van der Waals surface area contributed by atoms with Gasteiger partial charge >= 0.3 is 0 Å². The third-order valence-corrected chi connectivity index (χ3v) is 5.07. The number of piperidine rings is 1. The summed E-state index contributed by atoms with van der Waals surface area (Å²) in [6, 6.07) is 6.82. The Morgan fingerprint density at radius 2 is 2.30 bits per heavy atom. The smallest absolute Gasteiger partial charge is 0.123 e. The van der Waals surface area contributed by atoms with Gasteiger partial charge in [-0.2, -0.15) is 0 Å². The maximum Gasteiger partial charge on any atom is 0.123 e. The number of likely N-dealkylation sites (tertiary alicyclic amines) is 1. The lowest BCUT2D eigenvalue weighted by Crippen LogP contribution is -2.49. The van der Waals surface area contributed by atoms with Crippen LogP contribution in [0.2, 0.25) is 0 Å². The summed E-state index contributed by atoms with van der Waals surface area (Å²) in [5.74, 6) is 1.85. The van der Waals surface area contributed by atoms with Crippen molar-refractivity contribution in [3.63, 3.8) is 0 Å². The Balaban J connectivity index is 1.62. The van der Waals surface area contributed by atoms with E-state index >= 15 is 0 Å². The van der Waals surface area contributed by atoms with Gasteiger partial charge in [-0.3, -0.25) is 4.90 Å². The molecule has 110 valence electrons. The van der Waals surface area contributed by atoms with E-state index in [0.717, 1.165) is 42.2 Å². The summed E-state index contributed by atoms with van der Waals surface area (Å²) in [6.07, 6.45) is 3.79. The summed E-state index contributed by atoms with van der Waals surface area (Å²) in [4.78, 5) is 2.53. The van der Waals surface area contributed by atoms with Crippen molar-refractivity contribution in [2.24, 2.45) is 11.7 Å². The van der Waals surface area contributed by atoms with Gasteiger partial charge in [-0.1, -0.05) is 22.9 Å². The Hall–Kier alpha value is -0.580. The zero-order valence-electron chi connectivity index (χ0n) is 12.0. The molecule has 0 amide bonds. The molecule has 2 heterocycles. The van der Waals surface area contributed by atoms with Crippen LogP contribution in [-0.4, -0.2) is 36.7 Å². The van der Waals surface area contributed by atoms with E-state index in [4.69, 9.17) is 10.5 Å². The van der Waals surface area contributed by atoms with Gasteiger partial charge in [0.25, 0.3) is 0 Å². The SMILES string of the molecule is CC1CCN(CC2Cc3cc(Br)ccc3O2)C(CN)C1. The molecule has 4 heteroatoms. The fraction of sp³-hybridized carbons (Fsp3) is 0.625. The van der Waals surface area contributed by atoms with Gasteiger partial charge in [0.2, 0.25) is 0 Å². The minimum Gasteiger partial charge on any atom is -0.488 e. The molecule has 2 N–H and O–H groups in total. The van der Waals surface area contributed by atoms with Crippen molar-refractivity contribution in [3.8, 4) is 5.75 Å². The van der Waals surface area contributed by atoms with Crippen LogP contribution in [0, 0.1) is 5.92 Å². The molecule has 2 aliphatic rings. The molecular weight excluding hydrogens is 316 g/mol. The van der Waals surface area contributed by atoms with Gasteiger partial charge in [0.1, 0.15) is 11.9 Å². The Morgan fingerprint density at radius 3 is 3.10 bits per heavy atom. The largest absolute Gasteiger partial charge is 0.488 e. The zero-order chi connectivity index (χ0) is 14.1. The summed E-state index contributed by atoms with van der Waals surface area (Å²) >= 11 is 3.53. The first-order valence-electron chi connectivity index (χ1n) is 7.55. The Labute approximate surface area is 129 Å². The van der Waals surface area contributed by atoms with E-state index in [9.17, 15) is 0 Å². The van der Waals surface area contributed by atoms with Crippen molar-refractivity contribution in [3.05, 3.63) is 28.2 Å². The second-order valence-corrected chi connectivity index (χ2v) is 7.13. The molecule has 1 saturated heterocycles. The number of ether oxygens (including phenoxy) is 1. The number of benzene rings is 1. The maximum atomic E-state index is 6.08. The van der Waals surface area contributed by atoms with Crippen LogP contribution in [0.15, 0.2) is 22.7 Å². The highest BCUT2D eigenvalue weighted by molar-refractivity contribution is 9.10. The van der Waals surface area contributed by atoms with Crippen LogP contribution in [0.25, 0.3) is 0 Å². The van der Waals surface area contributed by atoms with Crippen molar-refractivity contribution in [1.82, 2.24) is 4.90 Å². The molecule has 1 aromatic carbocycles. The molecule has 3 nitrogen and oxygen atoms in total. The molecule has 0 saturated carbocycles. The lowest BCUT2D eigenvalue weighted by Gasteiger charge is -2.39. The fourth-order valence-corrected chi connectivity index (χ4v) is 3.85. The van der Waals surface area contributed by atoms with E-state index in [1.165, 1.54) is 18.4 Å². The third-order valence-electron chi connectivity index (χ3n) is 4.57. The summed E-state index contributed by atoms with van der Waals surface area (Å²) in [6.45, 7) is 5.25. The second-order valence-electron chi connectivity index (χ2n) is 6.21. The van der Waals surface area contributed by atoms with Crippen LogP contribution in [0.4, 0.5) is 0 Å². The number of fused-ring (bicyclic) bond motifs is 1.